The zero-order valence-corrected chi connectivity index (χ0v) is 15.5. The zero-order valence-electron chi connectivity index (χ0n) is 15.5. The molecule has 1 fully saturated rings. The van der Waals surface area contributed by atoms with E-state index in [-0.39, 0.29) is 5.91 Å². The molecule has 3 nitrogen and oxygen atoms in total. The van der Waals surface area contributed by atoms with Crippen molar-refractivity contribution in [2.24, 2.45) is 5.92 Å². The largest absolute Gasteiger partial charge is 0.496 e. The van der Waals surface area contributed by atoms with Crippen LogP contribution < -0.4 is 4.74 Å². The molecule has 1 saturated heterocycles. The normalized spacial score (nSPS) is 14.9. The highest BCUT2D eigenvalue weighted by Gasteiger charge is 2.24. The minimum Gasteiger partial charge on any atom is -0.496 e. The first-order valence-corrected chi connectivity index (χ1v) is 9.32. The smallest absolute Gasteiger partial charge is 0.253 e. The Hall–Kier alpha value is -2.55. The maximum atomic E-state index is 12.9. The van der Waals surface area contributed by atoms with Gasteiger partial charge in [-0.15, -0.1) is 6.58 Å². The Kier molecular flexibility index (Phi) is 6.11. The number of benzene rings is 2. The van der Waals surface area contributed by atoms with Crippen LogP contribution in [0.4, 0.5) is 0 Å². The summed E-state index contributed by atoms with van der Waals surface area (Å²) in [5.74, 6) is 1.59. The molecule has 0 spiro atoms. The number of nitrogens with zero attached hydrogens (tertiary/aromatic N) is 1. The van der Waals surface area contributed by atoms with Crippen LogP contribution in [0.2, 0.25) is 0 Å². The number of piperidine rings is 1. The monoisotopic (exact) mass is 349 g/mol. The van der Waals surface area contributed by atoms with Gasteiger partial charge in [-0.05, 0) is 60.9 Å². The van der Waals surface area contributed by atoms with Crippen LogP contribution in [0.5, 0.6) is 5.75 Å². The number of allylic oxidation sites excluding steroid dienone is 1. The number of ether oxygens (including phenoxy) is 1. The van der Waals surface area contributed by atoms with Crippen LogP contribution in [0.25, 0.3) is 0 Å². The number of hydrogen-bond acceptors (Lipinski definition) is 2. The fraction of sp³-hybridized carbons (Fsp3) is 0.348. The molecule has 1 heterocycles. The molecule has 1 aliphatic rings. The fourth-order valence-corrected chi connectivity index (χ4v) is 3.70. The molecule has 0 unspecified atom stereocenters. The number of likely N-dealkylation sites (tertiary alicyclic amines) is 1. The molecule has 3 rings (SSSR count). The van der Waals surface area contributed by atoms with Gasteiger partial charge in [0.05, 0.1) is 7.11 Å². The molecular formula is C23H27NO2. The van der Waals surface area contributed by atoms with Crippen LogP contribution in [0, 0.1) is 5.92 Å². The van der Waals surface area contributed by atoms with Gasteiger partial charge in [0, 0.05) is 18.7 Å². The van der Waals surface area contributed by atoms with Crippen LogP contribution in [-0.4, -0.2) is 31.0 Å². The summed E-state index contributed by atoms with van der Waals surface area (Å²) >= 11 is 0. The number of methoxy groups -OCH3 is 1. The Morgan fingerprint density at radius 3 is 2.58 bits per heavy atom. The minimum atomic E-state index is 0.121. The van der Waals surface area contributed by atoms with E-state index in [4.69, 9.17) is 4.74 Å². The van der Waals surface area contributed by atoms with Crippen LogP contribution in [0.15, 0.2) is 61.2 Å². The van der Waals surface area contributed by atoms with Crippen molar-refractivity contribution in [1.82, 2.24) is 4.90 Å². The molecule has 0 bridgehead atoms. The number of hydrogen-bond donors (Lipinski definition) is 0. The lowest BCUT2D eigenvalue weighted by Crippen LogP contribution is -2.38. The summed E-state index contributed by atoms with van der Waals surface area (Å²) in [4.78, 5) is 14.9. The molecule has 0 radical (unpaired) electrons. The maximum absolute atomic E-state index is 12.9. The third-order valence-corrected chi connectivity index (χ3v) is 5.16. The topological polar surface area (TPSA) is 29.5 Å². The van der Waals surface area contributed by atoms with E-state index in [1.165, 1.54) is 5.56 Å². The fourth-order valence-electron chi connectivity index (χ4n) is 3.70. The Morgan fingerprint density at radius 2 is 1.92 bits per heavy atom. The van der Waals surface area contributed by atoms with Gasteiger partial charge in [0.1, 0.15) is 5.75 Å². The van der Waals surface area contributed by atoms with Crippen molar-refractivity contribution in [3.05, 3.63) is 77.9 Å². The van der Waals surface area contributed by atoms with Gasteiger partial charge in [-0.3, -0.25) is 4.79 Å². The molecule has 2 aromatic carbocycles. The highest BCUT2D eigenvalue weighted by atomic mass is 16.5. The van der Waals surface area contributed by atoms with Gasteiger partial charge in [0.15, 0.2) is 0 Å². The second-order valence-corrected chi connectivity index (χ2v) is 6.94. The van der Waals surface area contributed by atoms with Gasteiger partial charge in [-0.25, -0.2) is 0 Å². The van der Waals surface area contributed by atoms with Gasteiger partial charge in [0.25, 0.3) is 5.91 Å². The van der Waals surface area contributed by atoms with E-state index in [1.54, 1.807) is 7.11 Å². The summed E-state index contributed by atoms with van der Waals surface area (Å²) in [7, 11) is 1.65. The molecule has 0 saturated carbocycles. The number of carbonyl (C=O) groups is 1. The van der Waals surface area contributed by atoms with E-state index in [2.05, 4.69) is 36.9 Å². The van der Waals surface area contributed by atoms with E-state index in [1.807, 2.05) is 29.2 Å². The second-order valence-electron chi connectivity index (χ2n) is 6.94. The maximum Gasteiger partial charge on any atom is 0.253 e. The summed E-state index contributed by atoms with van der Waals surface area (Å²) in [5.41, 5.74) is 3.14. The molecular weight excluding hydrogens is 322 g/mol. The summed E-state index contributed by atoms with van der Waals surface area (Å²) in [5, 5.41) is 0. The second kappa shape index (κ2) is 8.70. The van der Waals surface area contributed by atoms with Crippen LogP contribution in [-0.2, 0) is 12.8 Å². The third kappa shape index (κ3) is 4.34. The van der Waals surface area contributed by atoms with E-state index in [9.17, 15) is 4.79 Å². The van der Waals surface area contributed by atoms with Gasteiger partial charge < -0.3 is 9.64 Å². The van der Waals surface area contributed by atoms with Crippen LogP contribution in [0.3, 0.4) is 0 Å². The van der Waals surface area contributed by atoms with Crippen LogP contribution in [0.1, 0.15) is 34.3 Å². The Bertz CT molecular complexity index is 746. The average Bonchev–Trinajstić information content (AvgIpc) is 2.69. The molecule has 136 valence electrons. The van der Waals surface area contributed by atoms with E-state index in [0.29, 0.717) is 12.3 Å². The molecule has 0 atom stereocenters. The lowest BCUT2D eigenvalue weighted by molar-refractivity contribution is 0.0690. The lowest BCUT2D eigenvalue weighted by Gasteiger charge is -2.32. The summed E-state index contributed by atoms with van der Waals surface area (Å²) in [6, 6.07) is 16.3. The molecule has 2 aromatic rings. The quantitative estimate of drug-likeness (QED) is 0.718. The van der Waals surface area contributed by atoms with E-state index in [0.717, 1.165) is 49.2 Å². The number of rotatable bonds is 6. The van der Waals surface area contributed by atoms with Crippen molar-refractivity contribution < 1.29 is 9.53 Å². The molecule has 0 aliphatic carbocycles. The zero-order chi connectivity index (χ0) is 18.4. The van der Waals surface area contributed by atoms with Gasteiger partial charge >= 0.3 is 0 Å². The van der Waals surface area contributed by atoms with E-state index < -0.39 is 0 Å². The van der Waals surface area contributed by atoms with Crippen molar-refractivity contribution in [2.75, 3.05) is 20.2 Å². The first-order chi connectivity index (χ1) is 12.7. The minimum absolute atomic E-state index is 0.121. The molecule has 1 aliphatic heterocycles. The molecule has 1 amide bonds. The summed E-state index contributed by atoms with van der Waals surface area (Å²) in [6.45, 7) is 5.45. The van der Waals surface area contributed by atoms with Gasteiger partial charge in [0.2, 0.25) is 0 Å². The van der Waals surface area contributed by atoms with Crippen LogP contribution >= 0.6 is 0 Å². The molecule has 26 heavy (non-hydrogen) atoms. The predicted molar refractivity (Wildman–Crippen MR) is 106 cm³/mol. The molecule has 3 heteroatoms. The van der Waals surface area contributed by atoms with E-state index >= 15 is 0 Å². The number of amides is 1. The first kappa shape index (κ1) is 18.2. The predicted octanol–water partition coefficient (Wildman–Crippen LogP) is 4.52. The van der Waals surface area contributed by atoms with Crippen molar-refractivity contribution in [3.8, 4) is 5.75 Å². The highest BCUT2D eigenvalue weighted by molar-refractivity contribution is 5.94. The highest BCUT2D eigenvalue weighted by Crippen LogP contribution is 2.25. The average molecular weight is 349 g/mol. The molecule has 0 aromatic heterocycles. The number of carbonyl (C=O) groups excluding carboxylic acids is 1. The SMILES string of the molecule is C=CCc1cc(C(=O)N2CCC(Cc3ccccc3)CC2)ccc1OC. The summed E-state index contributed by atoms with van der Waals surface area (Å²) in [6.07, 6.45) is 5.77. The van der Waals surface area contributed by atoms with Gasteiger partial charge in [-0.2, -0.15) is 0 Å². The molecule has 0 N–H and O–H groups in total. The van der Waals surface area contributed by atoms with Crippen molar-refractivity contribution in [3.63, 3.8) is 0 Å². The van der Waals surface area contributed by atoms with Crippen molar-refractivity contribution in [1.29, 1.82) is 0 Å². The summed E-state index contributed by atoms with van der Waals surface area (Å²) < 4.78 is 5.38. The lowest BCUT2D eigenvalue weighted by atomic mass is 9.90. The standard InChI is InChI=1S/C23H27NO2/c1-3-7-20-17-21(10-11-22(20)26-2)23(25)24-14-12-19(13-15-24)16-18-8-5-4-6-9-18/h3-6,8-11,17,19H,1,7,12-16H2,2H3. The van der Waals surface area contributed by atoms with Crippen molar-refractivity contribution >= 4 is 5.91 Å². The van der Waals surface area contributed by atoms with Gasteiger partial charge in [-0.1, -0.05) is 36.4 Å². The Balaban J connectivity index is 1.61. The van der Waals surface area contributed by atoms with Crippen molar-refractivity contribution in [2.45, 2.75) is 25.7 Å². The Labute approximate surface area is 156 Å². The third-order valence-electron chi connectivity index (χ3n) is 5.16. The first-order valence-electron chi connectivity index (χ1n) is 9.32. The Morgan fingerprint density at radius 1 is 1.19 bits per heavy atom.